The number of rotatable bonds is 6. The summed E-state index contributed by atoms with van der Waals surface area (Å²) < 4.78 is 5.41. The highest BCUT2D eigenvalue weighted by molar-refractivity contribution is 5.83. The third-order valence-corrected chi connectivity index (χ3v) is 5.62. The van der Waals surface area contributed by atoms with Crippen molar-refractivity contribution in [2.75, 3.05) is 19.7 Å². The summed E-state index contributed by atoms with van der Waals surface area (Å²) in [5, 5.41) is 14.0. The van der Waals surface area contributed by atoms with Gasteiger partial charge in [0.05, 0.1) is 4.92 Å². The van der Waals surface area contributed by atoms with Crippen LogP contribution in [-0.2, 0) is 22.4 Å². The second-order valence-electron chi connectivity index (χ2n) is 7.65. The number of nitrogens with zero attached hydrogens (tertiary/aromatic N) is 3. The molecule has 30 heavy (non-hydrogen) atoms. The van der Waals surface area contributed by atoms with E-state index in [1.807, 2.05) is 12.1 Å². The van der Waals surface area contributed by atoms with Crippen LogP contribution in [0, 0.1) is 16.0 Å². The Morgan fingerprint density at radius 2 is 1.57 bits per heavy atom. The second-order valence-corrected chi connectivity index (χ2v) is 7.65. The lowest BCUT2D eigenvalue weighted by Crippen LogP contribution is -2.47. The van der Waals surface area contributed by atoms with Crippen LogP contribution in [0.4, 0.5) is 5.69 Å². The van der Waals surface area contributed by atoms with Crippen molar-refractivity contribution in [3.8, 4) is 5.75 Å². The summed E-state index contributed by atoms with van der Waals surface area (Å²) in [6, 6.07) is 14.2. The topological polar surface area (TPSA) is 93.0 Å². The van der Waals surface area contributed by atoms with Gasteiger partial charge in [-0.1, -0.05) is 36.4 Å². The van der Waals surface area contributed by atoms with Gasteiger partial charge in [-0.3, -0.25) is 24.7 Å². The van der Waals surface area contributed by atoms with E-state index in [-0.39, 0.29) is 35.8 Å². The zero-order chi connectivity index (χ0) is 21.1. The summed E-state index contributed by atoms with van der Waals surface area (Å²) in [6.45, 7) is 0.578. The Hall–Kier alpha value is -3.42. The lowest BCUT2D eigenvalue weighted by molar-refractivity contribution is -0.385. The first-order valence-electron chi connectivity index (χ1n) is 10.1. The zero-order valence-electron chi connectivity index (χ0n) is 16.5. The Bertz CT molecular complexity index is 952. The first-order valence-corrected chi connectivity index (χ1v) is 10.1. The molecule has 0 spiro atoms. The molecule has 1 fully saturated rings. The number of nitro benzene ring substituents is 1. The molecule has 156 valence electrons. The molecule has 1 saturated heterocycles. The minimum absolute atomic E-state index is 0.0386. The van der Waals surface area contributed by atoms with Gasteiger partial charge in [0.15, 0.2) is 12.4 Å². The normalized spacial score (nSPS) is 15.9. The maximum Gasteiger partial charge on any atom is 0.310 e. The van der Waals surface area contributed by atoms with Crippen molar-refractivity contribution in [1.82, 2.24) is 10.0 Å². The standard InChI is InChI=1S/C22H23N3O5/c26-21(14-16-12-17-6-1-2-7-18(17)13-16)23-10-5-11-24(23)22(27)15-30-20-9-4-3-8-19(20)25(28)29/h1-4,6-9,16H,5,10-15H2. The Labute approximate surface area is 174 Å². The van der Waals surface area contributed by atoms with Crippen LogP contribution in [0.15, 0.2) is 48.5 Å². The number of fused-ring (bicyclic) bond motifs is 1. The molecule has 0 atom stereocenters. The molecule has 0 N–H and O–H groups in total. The van der Waals surface area contributed by atoms with Gasteiger partial charge in [0, 0.05) is 25.6 Å². The van der Waals surface area contributed by atoms with E-state index >= 15 is 0 Å². The van der Waals surface area contributed by atoms with Gasteiger partial charge in [-0.15, -0.1) is 0 Å². The van der Waals surface area contributed by atoms with Crippen LogP contribution in [-0.4, -0.2) is 46.5 Å². The van der Waals surface area contributed by atoms with E-state index < -0.39 is 4.92 Å². The maximum atomic E-state index is 12.9. The number of para-hydroxylation sites is 2. The zero-order valence-corrected chi connectivity index (χ0v) is 16.5. The molecule has 2 aromatic carbocycles. The SMILES string of the molecule is O=C(COc1ccccc1[N+](=O)[O-])N1CCCN1C(=O)CC1Cc2ccccc2C1. The smallest absolute Gasteiger partial charge is 0.310 e. The molecule has 8 heteroatoms. The molecule has 0 bridgehead atoms. The molecule has 0 saturated carbocycles. The van der Waals surface area contributed by atoms with Crippen LogP contribution in [0.2, 0.25) is 0 Å². The summed E-state index contributed by atoms with van der Waals surface area (Å²) in [4.78, 5) is 36.1. The number of benzene rings is 2. The van der Waals surface area contributed by atoms with Crippen LogP contribution in [0.3, 0.4) is 0 Å². The van der Waals surface area contributed by atoms with Crippen molar-refractivity contribution in [3.63, 3.8) is 0 Å². The molecular weight excluding hydrogens is 386 g/mol. The van der Waals surface area contributed by atoms with E-state index in [4.69, 9.17) is 4.74 Å². The Morgan fingerprint density at radius 3 is 2.23 bits per heavy atom. The van der Waals surface area contributed by atoms with Gasteiger partial charge in [-0.05, 0) is 42.4 Å². The number of carbonyl (C=O) groups excluding carboxylic acids is 2. The molecule has 1 heterocycles. The Kier molecular flexibility index (Phi) is 5.65. The molecule has 2 aliphatic rings. The van der Waals surface area contributed by atoms with Crippen molar-refractivity contribution in [3.05, 3.63) is 69.8 Å². The predicted octanol–water partition coefficient (Wildman–Crippen LogP) is 2.75. The second kappa shape index (κ2) is 8.52. The molecule has 1 aliphatic heterocycles. The highest BCUT2D eigenvalue weighted by atomic mass is 16.6. The van der Waals surface area contributed by atoms with Crippen LogP contribution < -0.4 is 4.74 Å². The van der Waals surface area contributed by atoms with Crippen LogP contribution >= 0.6 is 0 Å². The molecule has 0 radical (unpaired) electrons. The first-order chi connectivity index (χ1) is 14.5. The number of nitro groups is 1. The fourth-order valence-corrected chi connectivity index (χ4v) is 4.22. The fraction of sp³-hybridized carbons (Fsp3) is 0.364. The summed E-state index contributed by atoms with van der Waals surface area (Å²) in [6.07, 6.45) is 2.85. The summed E-state index contributed by atoms with van der Waals surface area (Å²) >= 11 is 0. The van der Waals surface area contributed by atoms with Gasteiger partial charge in [0.25, 0.3) is 5.91 Å². The summed E-state index contributed by atoms with van der Waals surface area (Å²) in [5.74, 6) is -0.162. The average molecular weight is 409 g/mol. The van der Waals surface area contributed by atoms with E-state index in [9.17, 15) is 19.7 Å². The number of carbonyl (C=O) groups is 2. The highest BCUT2D eigenvalue weighted by Crippen LogP contribution is 2.30. The Morgan fingerprint density at radius 1 is 0.967 bits per heavy atom. The molecule has 1 aliphatic carbocycles. The first kappa shape index (κ1) is 19.9. The molecule has 8 nitrogen and oxygen atoms in total. The number of hydrazine groups is 1. The lowest BCUT2D eigenvalue weighted by Gasteiger charge is -2.28. The van der Waals surface area contributed by atoms with Crippen LogP contribution in [0.25, 0.3) is 0 Å². The number of hydrogen-bond acceptors (Lipinski definition) is 5. The minimum atomic E-state index is -0.550. The van der Waals surface area contributed by atoms with E-state index in [1.165, 1.54) is 39.3 Å². The molecular formula is C22H23N3O5. The summed E-state index contributed by atoms with van der Waals surface area (Å²) in [7, 11) is 0. The lowest BCUT2D eigenvalue weighted by atomic mass is 10.0. The molecule has 0 unspecified atom stereocenters. The highest BCUT2D eigenvalue weighted by Gasteiger charge is 2.33. The number of ether oxygens (including phenoxy) is 1. The van der Waals surface area contributed by atoms with Gasteiger partial charge in [0.1, 0.15) is 0 Å². The van der Waals surface area contributed by atoms with Crippen molar-refractivity contribution in [2.24, 2.45) is 5.92 Å². The molecule has 2 amide bonds. The third-order valence-electron chi connectivity index (χ3n) is 5.62. The average Bonchev–Trinajstić information content (AvgIpc) is 3.38. The van der Waals surface area contributed by atoms with Crippen LogP contribution in [0.1, 0.15) is 24.0 Å². The predicted molar refractivity (Wildman–Crippen MR) is 109 cm³/mol. The van der Waals surface area contributed by atoms with E-state index in [0.717, 1.165) is 12.8 Å². The minimum Gasteiger partial charge on any atom is -0.477 e. The van der Waals surface area contributed by atoms with Gasteiger partial charge < -0.3 is 4.74 Å². The monoisotopic (exact) mass is 409 g/mol. The van der Waals surface area contributed by atoms with Crippen molar-refractivity contribution >= 4 is 17.5 Å². The molecule has 4 rings (SSSR count). The van der Waals surface area contributed by atoms with Crippen molar-refractivity contribution in [2.45, 2.75) is 25.7 Å². The Balaban J connectivity index is 1.35. The van der Waals surface area contributed by atoms with E-state index in [1.54, 1.807) is 6.07 Å². The van der Waals surface area contributed by atoms with Gasteiger partial charge >= 0.3 is 5.69 Å². The van der Waals surface area contributed by atoms with Gasteiger partial charge in [0.2, 0.25) is 5.91 Å². The van der Waals surface area contributed by atoms with Gasteiger partial charge in [-0.2, -0.15) is 0 Å². The fourth-order valence-electron chi connectivity index (χ4n) is 4.22. The summed E-state index contributed by atoms with van der Waals surface area (Å²) in [5.41, 5.74) is 2.39. The third kappa shape index (κ3) is 4.12. The number of hydrogen-bond donors (Lipinski definition) is 0. The van der Waals surface area contributed by atoms with Crippen molar-refractivity contribution < 1.29 is 19.2 Å². The molecule has 2 aromatic rings. The quantitative estimate of drug-likeness (QED) is 0.540. The maximum absolute atomic E-state index is 12.9. The van der Waals surface area contributed by atoms with E-state index in [0.29, 0.717) is 25.9 Å². The van der Waals surface area contributed by atoms with Crippen LogP contribution in [0.5, 0.6) is 5.75 Å². The van der Waals surface area contributed by atoms with Gasteiger partial charge in [-0.25, -0.2) is 5.01 Å². The molecule has 0 aromatic heterocycles. The van der Waals surface area contributed by atoms with Crippen molar-refractivity contribution in [1.29, 1.82) is 0 Å². The largest absolute Gasteiger partial charge is 0.477 e. The number of amides is 2. The van der Waals surface area contributed by atoms with E-state index in [2.05, 4.69) is 12.1 Å².